The molecule has 100 valence electrons. The Kier molecular flexibility index (Phi) is 4.41. The van der Waals surface area contributed by atoms with Crippen LogP contribution in [-0.4, -0.2) is 18.0 Å². The van der Waals surface area contributed by atoms with Gasteiger partial charge in [-0.1, -0.05) is 37.0 Å². The van der Waals surface area contributed by atoms with Crippen molar-refractivity contribution in [2.75, 3.05) is 18.8 Å². The van der Waals surface area contributed by atoms with Crippen LogP contribution in [0.4, 0.5) is 5.69 Å². The summed E-state index contributed by atoms with van der Waals surface area (Å²) in [4.78, 5) is 2.47. The summed E-state index contributed by atoms with van der Waals surface area (Å²) in [7, 11) is 0. The Morgan fingerprint density at radius 1 is 1.17 bits per heavy atom. The minimum absolute atomic E-state index is 0.475. The molecule has 1 saturated heterocycles. The number of anilines is 1. The number of likely N-dealkylation sites (tertiary alicyclic amines) is 1. The van der Waals surface area contributed by atoms with E-state index in [9.17, 15) is 0 Å². The first-order chi connectivity index (χ1) is 8.45. The Hall–Kier alpha value is -0.440. The monoisotopic (exact) mass is 286 g/mol. The highest BCUT2D eigenvalue weighted by atomic mass is 35.5. The van der Waals surface area contributed by atoms with Crippen molar-refractivity contribution in [1.29, 1.82) is 0 Å². The van der Waals surface area contributed by atoms with E-state index in [4.69, 9.17) is 28.9 Å². The molecule has 1 heterocycles. The first kappa shape index (κ1) is 14.0. The van der Waals surface area contributed by atoms with Crippen LogP contribution in [0.15, 0.2) is 12.1 Å². The lowest BCUT2D eigenvalue weighted by atomic mass is 9.91. The third kappa shape index (κ3) is 3.31. The van der Waals surface area contributed by atoms with Gasteiger partial charge >= 0.3 is 0 Å². The number of hydrogen-bond donors (Lipinski definition) is 1. The van der Waals surface area contributed by atoms with Crippen LogP contribution in [0.25, 0.3) is 0 Å². The van der Waals surface area contributed by atoms with E-state index < -0.39 is 0 Å². The first-order valence-electron chi connectivity index (χ1n) is 6.41. The molecule has 0 bridgehead atoms. The summed E-state index contributed by atoms with van der Waals surface area (Å²) in [6.45, 7) is 7.81. The van der Waals surface area contributed by atoms with Gasteiger partial charge in [0.15, 0.2) is 0 Å². The molecule has 1 aliphatic heterocycles. The van der Waals surface area contributed by atoms with Crippen molar-refractivity contribution < 1.29 is 0 Å². The molecule has 2 nitrogen and oxygen atoms in total. The van der Waals surface area contributed by atoms with E-state index in [-0.39, 0.29) is 0 Å². The van der Waals surface area contributed by atoms with E-state index in [1.54, 1.807) is 0 Å². The molecule has 0 spiro atoms. The van der Waals surface area contributed by atoms with Crippen molar-refractivity contribution >= 4 is 28.9 Å². The normalized spacial score (nSPS) is 25.3. The Morgan fingerprint density at radius 2 is 1.67 bits per heavy atom. The summed E-state index contributed by atoms with van der Waals surface area (Å²) in [6, 6.07) is 3.85. The number of rotatable bonds is 2. The van der Waals surface area contributed by atoms with E-state index in [0.29, 0.717) is 15.7 Å². The highest BCUT2D eigenvalue weighted by molar-refractivity contribution is 6.38. The van der Waals surface area contributed by atoms with E-state index in [1.165, 1.54) is 6.42 Å². The molecule has 18 heavy (non-hydrogen) atoms. The zero-order valence-electron chi connectivity index (χ0n) is 10.9. The summed E-state index contributed by atoms with van der Waals surface area (Å²) in [6.07, 6.45) is 1.32. The third-order valence-electron chi connectivity index (χ3n) is 3.49. The molecule has 2 unspecified atom stereocenters. The lowest BCUT2D eigenvalue weighted by Crippen LogP contribution is -2.38. The second kappa shape index (κ2) is 5.68. The SMILES string of the molecule is CC1CC(C)CN(Cc2cc(Cl)c(N)c(Cl)c2)C1. The second-order valence-electron chi connectivity index (χ2n) is 5.61. The molecule has 0 saturated carbocycles. The minimum atomic E-state index is 0.475. The fraction of sp³-hybridized carbons (Fsp3) is 0.571. The third-order valence-corrected chi connectivity index (χ3v) is 4.11. The average molecular weight is 287 g/mol. The van der Waals surface area contributed by atoms with Crippen LogP contribution < -0.4 is 5.73 Å². The topological polar surface area (TPSA) is 29.3 Å². The van der Waals surface area contributed by atoms with Gasteiger partial charge in [-0.2, -0.15) is 0 Å². The fourth-order valence-electron chi connectivity index (χ4n) is 2.91. The summed E-state index contributed by atoms with van der Waals surface area (Å²) in [5.74, 6) is 1.52. The lowest BCUT2D eigenvalue weighted by molar-refractivity contribution is 0.134. The Bertz CT molecular complexity index is 401. The maximum Gasteiger partial charge on any atom is 0.0693 e. The van der Waals surface area contributed by atoms with Crippen LogP contribution in [0, 0.1) is 11.8 Å². The van der Waals surface area contributed by atoms with Crippen LogP contribution in [0.3, 0.4) is 0 Å². The van der Waals surface area contributed by atoms with Gasteiger partial charge in [-0.3, -0.25) is 4.90 Å². The molecule has 2 atom stereocenters. The van der Waals surface area contributed by atoms with Gasteiger partial charge in [0, 0.05) is 19.6 Å². The molecule has 2 rings (SSSR count). The fourth-order valence-corrected chi connectivity index (χ4v) is 3.44. The van der Waals surface area contributed by atoms with Crippen molar-refractivity contribution in [2.24, 2.45) is 11.8 Å². The summed E-state index contributed by atoms with van der Waals surface area (Å²) < 4.78 is 0. The molecule has 1 aromatic rings. The van der Waals surface area contributed by atoms with Crippen molar-refractivity contribution in [2.45, 2.75) is 26.8 Å². The predicted molar refractivity (Wildman–Crippen MR) is 79.1 cm³/mol. The molecule has 4 heteroatoms. The standard InChI is InChI=1S/C14H20Cl2N2/c1-9-3-10(2)7-18(6-9)8-11-4-12(15)14(17)13(16)5-11/h4-5,9-10H,3,6-8,17H2,1-2H3. The quantitative estimate of drug-likeness (QED) is 0.831. The molecule has 0 aliphatic carbocycles. The van der Waals surface area contributed by atoms with E-state index in [2.05, 4.69) is 18.7 Å². The summed E-state index contributed by atoms with van der Waals surface area (Å²) in [5.41, 5.74) is 7.36. The zero-order valence-corrected chi connectivity index (χ0v) is 12.4. The van der Waals surface area contributed by atoms with Crippen LogP contribution >= 0.6 is 23.2 Å². The van der Waals surface area contributed by atoms with Gasteiger partial charge in [-0.25, -0.2) is 0 Å². The molecular formula is C14H20Cl2N2. The van der Waals surface area contributed by atoms with Gasteiger partial charge < -0.3 is 5.73 Å². The van der Waals surface area contributed by atoms with E-state index in [1.807, 2.05) is 12.1 Å². The molecule has 1 aliphatic rings. The second-order valence-corrected chi connectivity index (χ2v) is 6.43. The molecule has 1 aromatic carbocycles. The summed E-state index contributed by atoms with van der Waals surface area (Å²) in [5, 5.41) is 1.10. The maximum absolute atomic E-state index is 6.07. The van der Waals surface area contributed by atoms with Gasteiger partial charge in [-0.15, -0.1) is 0 Å². The molecule has 2 N–H and O–H groups in total. The van der Waals surface area contributed by atoms with Gasteiger partial charge in [-0.05, 0) is 36.0 Å². The van der Waals surface area contributed by atoms with Crippen molar-refractivity contribution in [3.63, 3.8) is 0 Å². The molecular weight excluding hydrogens is 267 g/mol. The number of nitrogens with zero attached hydrogens (tertiary/aromatic N) is 1. The Labute approximate surface area is 119 Å². The number of nitrogens with two attached hydrogens (primary N) is 1. The number of hydrogen-bond acceptors (Lipinski definition) is 2. The van der Waals surface area contributed by atoms with Gasteiger partial charge in [0.25, 0.3) is 0 Å². The van der Waals surface area contributed by atoms with Crippen LogP contribution in [-0.2, 0) is 6.54 Å². The minimum Gasteiger partial charge on any atom is -0.396 e. The molecule has 1 fully saturated rings. The smallest absolute Gasteiger partial charge is 0.0693 e. The van der Waals surface area contributed by atoms with Gasteiger partial charge in [0.2, 0.25) is 0 Å². The lowest BCUT2D eigenvalue weighted by Gasteiger charge is -2.35. The van der Waals surface area contributed by atoms with Crippen molar-refractivity contribution in [3.8, 4) is 0 Å². The van der Waals surface area contributed by atoms with E-state index in [0.717, 1.165) is 37.0 Å². The Morgan fingerprint density at radius 3 is 2.17 bits per heavy atom. The Balaban J connectivity index is 2.09. The van der Waals surface area contributed by atoms with Crippen LogP contribution in [0.5, 0.6) is 0 Å². The molecule has 0 radical (unpaired) electrons. The van der Waals surface area contributed by atoms with Crippen LogP contribution in [0.1, 0.15) is 25.8 Å². The summed E-state index contributed by atoms with van der Waals surface area (Å²) >= 11 is 12.1. The number of benzene rings is 1. The van der Waals surface area contributed by atoms with Crippen LogP contribution in [0.2, 0.25) is 10.0 Å². The maximum atomic E-state index is 6.07. The van der Waals surface area contributed by atoms with Gasteiger partial charge in [0.05, 0.1) is 15.7 Å². The van der Waals surface area contributed by atoms with E-state index >= 15 is 0 Å². The number of nitrogen functional groups attached to an aromatic ring is 1. The molecule has 0 aromatic heterocycles. The van der Waals surface area contributed by atoms with Gasteiger partial charge in [0.1, 0.15) is 0 Å². The highest BCUT2D eigenvalue weighted by Gasteiger charge is 2.21. The average Bonchev–Trinajstić information content (AvgIpc) is 2.24. The molecule has 0 amide bonds. The van der Waals surface area contributed by atoms with Crippen molar-refractivity contribution in [1.82, 2.24) is 4.90 Å². The predicted octanol–water partition coefficient (Wildman–Crippen LogP) is 4.05. The van der Waals surface area contributed by atoms with Crippen molar-refractivity contribution in [3.05, 3.63) is 27.7 Å². The zero-order chi connectivity index (χ0) is 13.3. The first-order valence-corrected chi connectivity index (χ1v) is 7.17. The highest BCUT2D eigenvalue weighted by Crippen LogP contribution is 2.30. The largest absolute Gasteiger partial charge is 0.396 e. The number of halogens is 2. The number of piperidine rings is 1.